The van der Waals surface area contributed by atoms with Gasteiger partial charge < -0.3 is 0 Å². The number of rotatable bonds is 4. The second-order valence-corrected chi connectivity index (χ2v) is 13.9. The standard InChI is InChI=1S/C40H48/c1-14-30-19-33(32-17-15-16-31(18-32)23(2)3)34-21-38(11)22-39(12)20-25(6)35(24(4)5)28(9)40(39,13)29(10)37(38)27(8)36(34)26(30)7/h15-19H,2,4,8-9,14,20-22H2,1,3,5-7,10-13H3/t38-,39+,40-/m1/s1. The van der Waals surface area contributed by atoms with Gasteiger partial charge >= 0.3 is 0 Å². The molecule has 2 aromatic carbocycles. The summed E-state index contributed by atoms with van der Waals surface area (Å²) in [6.07, 6.45) is 4.22. The molecule has 0 aliphatic heterocycles. The topological polar surface area (TPSA) is 0 Å². The highest BCUT2D eigenvalue weighted by Crippen LogP contribution is 2.70. The third-order valence-corrected chi connectivity index (χ3v) is 11.2. The van der Waals surface area contributed by atoms with E-state index in [0.29, 0.717) is 0 Å². The number of fused-ring (bicyclic) bond motifs is 3. The average Bonchev–Trinajstić information content (AvgIpc) is 2.86. The SMILES string of the molecule is C=C(C)C1=C(C)C[C@@]2(C)C[C@@]3(C)Cc4c(-c5cccc(C(=C)C)c5)cc(CC)c(C)c4C(=C)C3=C(C)[C@@]2(C)C1=C. The Labute approximate surface area is 244 Å². The summed E-state index contributed by atoms with van der Waals surface area (Å²) >= 11 is 0. The molecule has 0 radical (unpaired) electrons. The third-order valence-electron chi connectivity index (χ3n) is 11.2. The lowest BCUT2D eigenvalue weighted by atomic mass is 9.41. The van der Waals surface area contributed by atoms with Gasteiger partial charge in [0.2, 0.25) is 0 Å². The molecule has 5 rings (SSSR count). The van der Waals surface area contributed by atoms with Crippen molar-refractivity contribution < 1.29 is 0 Å². The van der Waals surface area contributed by atoms with Crippen LogP contribution < -0.4 is 0 Å². The molecular formula is C40H48. The fourth-order valence-electron chi connectivity index (χ4n) is 9.23. The van der Waals surface area contributed by atoms with Crippen LogP contribution >= 0.6 is 0 Å². The highest BCUT2D eigenvalue weighted by atomic mass is 14.6. The lowest BCUT2D eigenvalue weighted by Gasteiger charge is -2.62. The summed E-state index contributed by atoms with van der Waals surface area (Å²) in [7, 11) is 0. The van der Waals surface area contributed by atoms with Crippen molar-refractivity contribution in [1.82, 2.24) is 0 Å². The Morgan fingerprint density at radius 3 is 2.20 bits per heavy atom. The van der Waals surface area contributed by atoms with Crippen LogP contribution in [-0.4, -0.2) is 0 Å². The predicted octanol–water partition coefficient (Wildman–Crippen LogP) is 11.4. The lowest BCUT2D eigenvalue weighted by Crippen LogP contribution is -2.52. The van der Waals surface area contributed by atoms with Crippen molar-refractivity contribution in [1.29, 1.82) is 0 Å². The molecule has 40 heavy (non-hydrogen) atoms. The maximum absolute atomic E-state index is 4.91. The molecule has 3 aliphatic carbocycles. The van der Waals surface area contributed by atoms with E-state index in [9.17, 15) is 0 Å². The Hall–Kier alpha value is -3.12. The van der Waals surface area contributed by atoms with E-state index in [4.69, 9.17) is 13.2 Å². The zero-order valence-electron chi connectivity index (χ0n) is 26.5. The van der Waals surface area contributed by atoms with Crippen molar-refractivity contribution in [2.45, 2.75) is 88.0 Å². The van der Waals surface area contributed by atoms with Crippen LogP contribution in [0.2, 0.25) is 0 Å². The zero-order chi connectivity index (χ0) is 29.5. The Kier molecular flexibility index (Phi) is 6.53. The molecule has 0 bridgehead atoms. The largest absolute Gasteiger partial charge is 0.0955 e. The van der Waals surface area contributed by atoms with Crippen LogP contribution in [0.1, 0.15) is 96.0 Å². The highest BCUT2D eigenvalue weighted by Gasteiger charge is 2.59. The highest BCUT2D eigenvalue weighted by molar-refractivity contribution is 5.91. The van der Waals surface area contributed by atoms with E-state index in [1.165, 1.54) is 72.4 Å². The molecule has 0 saturated carbocycles. The number of aryl methyl sites for hydroxylation is 1. The zero-order valence-corrected chi connectivity index (χ0v) is 26.5. The minimum absolute atomic E-state index is 0.00456. The van der Waals surface area contributed by atoms with Gasteiger partial charge in [-0.2, -0.15) is 0 Å². The molecule has 0 nitrogen and oxygen atoms in total. The van der Waals surface area contributed by atoms with Crippen LogP contribution in [0.15, 0.2) is 90.1 Å². The van der Waals surface area contributed by atoms with Gasteiger partial charge in [-0.3, -0.25) is 0 Å². The molecule has 2 aromatic rings. The first-order valence-corrected chi connectivity index (χ1v) is 15.0. The fraction of sp³-hybridized carbons (Fsp3) is 0.400. The van der Waals surface area contributed by atoms with E-state index in [0.717, 1.165) is 36.8 Å². The number of allylic oxidation sites excluding steroid dienone is 8. The van der Waals surface area contributed by atoms with E-state index in [1.807, 2.05) is 0 Å². The maximum Gasteiger partial charge on any atom is 0.0194 e. The van der Waals surface area contributed by atoms with Gasteiger partial charge in [0.25, 0.3) is 0 Å². The minimum Gasteiger partial charge on any atom is -0.0955 e. The summed E-state index contributed by atoms with van der Waals surface area (Å²) < 4.78 is 0. The van der Waals surface area contributed by atoms with E-state index >= 15 is 0 Å². The summed E-state index contributed by atoms with van der Waals surface area (Å²) in [5.41, 5.74) is 19.8. The van der Waals surface area contributed by atoms with Crippen molar-refractivity contribution in [2.24, 2.45) is 16.2 Å². The number of hydrogen-bond donors (Lipinski definition) is 0. The second-order valence-electron chi connectivity index (χ2n) is 13.9. The summed E-state index contributed by atoms with van der Waals surface area (Å²) in [5.74, 6) is 0. The molecule has 0 aromatic heterocycles. The van der Waals surface area contributed by atoms with Crippen molar-refractivity contribution >= 4 is 11.1 Å². The molecule has 0 saturated heterocycles. The van der Waals surface area contributed by atoms with Crippen molar-refractivity contribution in [3.63, 3.8) is 0 Å². The first-order chi connectivity index (χ1) is 18.6. The number of hydrogen-bond acceptors (Lipinski definition) is 0. The van der Waals surface area contributed by atoms with Crippen LogP contribution in [0.25, 0.3) is 22.3 Å². The molecule has 0 fully saturated rings. The van der Waals surface area contributed by atoms with Gasteiger partial charge in [0.15, 0.2) is 0 Å². The summed E-state index contributed by atoms with van der Waals surface area (Å²) in [5, 5.41) is 0. The first-order valence-electron chi connectivity index (χ1n) is 15.0. The Morgan fingerprint density at radius 1 is 0.925 bits per heavy atom. The normalized spacial score (nSPS) is 27.8. The van der Waals surface area contributed by atoms with Gasteiger partial charge in [0, 0.05) is 5.41 Å². The van der Waals surface area contributed by atoms with Gasteiger partial charge in [-0.15, -0.1) is 0 Å². The predicted molar refractivity (Wildman–Crippen MR) is 176 cm³/mol. The molecule has 0 heteroatoms. The number of benzene rings is 2. The van der Waals surface area contributed by atoms with Crippen molar-refractivity contribution in [2.75, 3.05) is 0 Å². The molecule has 0 amide bonds. The molecule has 0 spiro atoms. The quantitative estimate of drug-likeness (QED) is 0.370. The molecule has 0 heterocycles. The first kappa shape index (κ1) is 28.4. The monoisotopic (exact) mass is 528 g/mol. The van der Waals surface area contributed by atoms with Crippen LogP contribution in [0, 0.1) is 23.2 Å². The molecule has 208 valence electrons. The van der Waals surface area contributed by atoms with Gasteiger partial charge in [-0.05, 0) is 138 Å². The van der Waals surface area contributed by atoms with Gasteiger partial charge in [-0.25, -0.2) is 0 Å². The molecule has 3 aliphatic rings. The van der Waals surface area contributed by atoms with Gasteiger partial charge in [-0.1, -0.05) is 101 Å². The maximum atomic E-state index is 4.91. The van der Waals surface area contributed by atoms with Crippen LogP contribution in [0.5, 0.6) is 0 Å². The third kappa shape index (κ3) is 3.71. The van der Waals surface area contributed by atoms with Gasteiger partial charge in [0.1, 0.15) is 0 Å². The fourth-order valence-corrected chi connectivity index (χ4v) is 9.23. The minimum atomic E-state index is -0.134. The summed E-state index contributed by atoms with van der Waals surface area (Å²) in [4.78, 5) is 0. The second kappa shape index (κ2) is 9.20. The van der Waals surface area contributed by atoms with Crippen LogP contribution in [0.4, 0.5) is 0 Å². The Bertz CT molecular complexity index is 1600. The van der Waals surface area contributed by atoms with E-state index < -0.39 is 0 Å². The van der Waals surface area contributed by atoms with Crippen molar-refractivity contribution in [3.8, 4) is 11.1 Å². The van der Waals surface area contributed by atoms with Crippen LogP contribution in [0.3, 0.4) is 0 Å². The molecule has 0 N–H and O–H groups in total. The van der Waals surface area contributed by atoms with E-state index in [-0.39, 0.29) is 16.2 Å². The molecular weight excluding hydrogens is 480 g/mol. The van der Waals surface area contributed by atoms with E-state index in [2.05, 4.69) is 106 Å². The van der Waals surface area contributed by atoms with Crippen molar-refractivity contribution in [3.05, 3.63) is 118 Å². The lowest BCUT2D eigenvalue weighted by molar-refractivity contribution is 0.0544. The smallest absolute Gasteiger partial charge is 0.0194 e. The molecule has 3 atom stereocenters. The Balaban J connectivity index is 1.80. The van der Waals surface area contributed by atoms with E-state index in [1.54, 1.807) is 0 Å². The summed E-state index contributed by atoms with van der Waals surface area (Å²) in [6.45, 7) is 39.3. The Morgan fingerprint density at radius 2 is 1.60 bits per heavy atom. The molecule has 0 unspecified atom stereocenters. The average molecular weight is 529 g/mol. The summed E-state index contributed by atoms with van der Waals surface area (Å²) in [6, 6.07) is 11.4. The van der Waals surface area contributed by atoms with Crippen LogP contribution in [-0.2, 0) is 12.8 Å². The van der Waals surface area contributed by atoms with Gasteiger partial charge in [0.05, 0.1) is 0 Å².